The van der Waals surface area contributed by atoms with E-state index in [-0.39, 0.29) is 0 Å². The summed E-state index contributed by atoms with van der Waals surface area (Å²) in [6.07, 6.45) is 0. The van der Waals surface area contributed by atoms with Crippen molar-refractivity contribution >= 4 is 57.6 Å². The van der Waals surface area contributed by atoms with E-state index in [0.29, 0.717) is 15.9 Å². The van der Waals surface area contributed by atoms with Crippen LogP contribution in [0.15, 0.2) is 12.1 Å². The fraction of sp³-hybridized carbons (Fsp3) is 0.500. The zero-order valence-corrected chi connectivity index (χ0v) is 14.6. The molecule has 1 aliphatic rings. The topological polar surface area (TPSA) is 21.1 Å². The average Bonchev–Trinajstić information content (AvgIpc) is 2.83. The first-order chi connectivity index (χ1) is 10.2. The van der Waals surface area contributed by atoms with Gasteiger partial charge in [0.05, 0.1) is 27.0 Å². The smallest absolute Gasteiger partial charge is 0.124 e. The first-order valence-corrected chi connectivity index (χ1v) is 9.34. The molecule has 1 aromatic heterocycles. The lowest BCUT2D eigenvalue weighted by atomic mass is 10.3. The Kier molecular flexibility index (Phi) is 5.23. The lowest BCUT2D eigenvalue weighted by Gasteiger charge is -2.26. The van der Waals surface area contributed by atoms with E-state index in [0.717, 1.165) is 43.0 Å². The van der Waals surface area contributed by atoms with Crippen molar-refractivity contribution in [3.8, 4) is 0 Å². The van der Waals surface area contributed by atoms with E-state index in [1.54, 1.807) is 0 Å². The number of hydrogen-bond donors (Lipinski definition) is 0. The number of hydrogen-bond acceptors (Lipinski definition) is 3. The maximum Gasteiger partial charge on any atom is 0.124 e. The number of halogens is 3. The molecule has 0 N–H and O–H groups in total. The summed E-state index contributed by atoms with van der Waals surface area (Å²) >= 11 is 20.3. The molecular weight excluding hydrogens is 349 g/mol. The van der Waals surface area contributed by atoms with Crippen molar-refractivity contribution in [2.24, 2.45) is 0 Å². The van der Waals surface area contributed by atoms with E-state index in [1.807, 2.05) is 23.9 Å². The molecule has 3 rings (SSSR count). The fourth-order valence-electron chi connectivity index (χ4n) is 2.59. The van der Waals surface area contributed by atoms with Crippen LogP contribution in [0, 0.1) is 0 Å². The number of thioether (sulfide) groups is 1. The van der Waals surface area contributed by atoms with E-state index in [1.165, 1.54) is 11.5 Å². The maximum absolute atomic E-state index is 6.14. The summed E-state index contributed by atoms with van der Waals surface area (Å²) in [5, 5.41) is 1.09. The van der Waals surface area contributed by atoms with Crippen molar-refractivity contribution in [2.45, 2.75) is 12.4 Å². The third kappa shape index (κ3) is 3.45. The first kappa shape index (κ1) is 15.8. The summed E-state index contributed by atoms with van der Waals surface area (Å²) in [5.74, 6) is 3.69. The largest absolute Gasteiger partial charge is 0.326 e. The van der Waals surface area contributed by atoms with Crippen LogP contribution >= 0.6 is 46.6 Å². The molecule has 2 heterocycles. The van der Waals surface area contributed by atoms with Crippen LogP contribution in [0.3, 0.4) is 0 Å². The van der Waals surface area contributed by atoms with Crippen LogP contribution in [0.2, 0.25) is 10.0 Å². The van der Waals surface area contributed by atoms with Crippen molar-refractivity contribution in [2.75, 3.05) is 31.1 Å². The van der Waals surface area contributed by atoms with Gasteiger partial charge in [0.25, 0.3) is 0 Å². The molecular formula is C14H16Cl3N3S. The van der Waals surface area contributed by atoms with Gasteiger partial charge in [-0.25, -0.2) is 4.98 Å². The minimum Gasteiger partial charge on any atom is -0.326 e. The normalized spacial score (nSPS) is 16.7. The number of aromatic nitrogens is 2. The summed E-state index contributed by atoms with van der Waals surface area (Å²) in [4.78, 5) is 7.05. The molecule has 0 unspecified atom stereocenters. The lowest BCUT2D eigenvalue weighted by molar-refractivity contribution is 0.290. The molecule has 0 radical (unpaired) electrons. The number of rotatable bonds is 4. The number of imidazole rings is 1. The molecule has 0 spiro atoms. The molecule has 1 aromatic carbocycles. The summed E-state index contributed by atoms with van der Waals surface area (Å²) in [7, 11) is 0. The lowest BCUT2D eigenvalue weighted by Crippen LogP contribution is -2.35. The Morgan fingerprint density at radius 3 is 2.52 bits per heavy atom. The van der Waals surface area contributed by atoms with Crippen molar-refractivity contribution < 1.29 is 0 Å². The van der Waals surface area contributed by atoms with Crippen LogP contribution in [-0.4, -0.2) is 45.6 Å². The average molecular weight is 365 g/mol. The highest BCUT2D eigenvalue weighted by Crippen LogP contribution is 2.28. The van der Waals surface area contributed by atoms with Crippen LogP contribution in [0.4, 0.5) is 0 Å². The van der Waals surface area contributed by atoms with Crippen molar-refractivity contribution in [1.82, 2.24) is 14.5 Å². The second-order valence-corrected chi connectivity index (χ2v) is 7.33. The van der Waals surface area contributed by atoms with Crippen LogP contribution in [0.5, 0.6) is 0 Å². The zero-order chi connectivity index (χ0) is 14.8. The van der Waals surface area contributed by atoms with E-state index >= 15 is 0 Å². The zero-order valence-electron chi connectivity index (χ0n) is 11.5. The monoisotopic (exact) mass is 363 g/mol. The molecule has 3 nitrogen and oxygen atoms in total. The van der Waals surface area contributed by atoms with Gasteiger partial charge < -0.3 is 4.57 Å². The summed E-state index contributed by atoms with van der Waals surface area (Å²) in [6.45, 7) is 4.19. The molecule has 1 aliphatic heterocycles. The Morgan fingerprint density at radius 1 is 1.10 bits per heavy atom. The van der Waals surface area contributed by atoms with E-state index in [9.17, 15) is 0 Å². The molecule has 0 atom stereocenters. The summed E-state index contributed by atoms with van der Waals surface area (Å²) < 4.78 is 2.16. The van der Waals surface area contributed by atoms with Gasteiger partial charge in [-0.2, -0.15) is 11.8 Å². The predicted octanol–water partition coefficient (Wildman–Crippen LogP) is 4.13. The second kappa shape index (κ2) is 6.97. The Morgan fingerprint density at radius 2 is 1.81 bits per heavy atom. The molecule has 0 saturated carbocycles. The number of nitrogens with zero attached hydrogens (tertiary/aromatic N) is 3. The Bertz CT molecular complexity index is 638. The number of alkyl halides is 1. The molecule has 21 heavy (non-hydrogen) atoms. The third-order valence-corrected chi connectivity index (χ3v) is 5.64. The van der Waals surface area contributed by atoms with Crippen molar-refractivity contribution in [3.63, 3.8) is 0 Å². The molecule has 1 saturated heterocycles. The van der Waals surface area contributed by atoms with Crippen LogP contribution in [0.1, 0.15) is 5.82 Å². The third-order valence-electron chi connectivity index (χ3n) is 3.73. The van der Waals surface area contributed by atoms with Crippen LogP contribution in [-0.2, 0) is 12.4 Å². The van der Waals surface area contributed by atoms with Crippen LogP contribution in [0.25, 0.3) is 11.0 Å². The molecule has 0 aliphatic carbocycles. The van der Waals surface area contributed by atoms with Gasteiger partial charge in [-0.05, 0) is 12.1 Å². The quantitative estimate of drug-likeness (QED) is 0.761. The maximum atomic E-state index is 6.14. The minimum atomic E-state index is 0.389. The Hall–Kier alpha value is -0.130. The SMILES string of the molecule is ClCc1nc2cc(Cl)c(Cl)cc2n1CCN1CCSCC1. The molecule has 1 fully saturated rings. The molecule has 2 aromatic rings. The molecule has 114 valence electrons. The highest BCUT2D eigenvalue weighted by atomic mass is 35.5. The standard InChI is InChI=1S/C14H16Cl3N3S/c15-9-14-18-12-7-10(16)11(17)8-13(12)20(14)2-1-19-3-5-21-6-4-19/h7-8H,1-6,9H2. The van der Waals surface area contributed by atoms with Gasteiger partial charge in [-0.3, -0.25) is 4.90 Å². The Labute approximate surface area is 143 Å². The van der Waals surface area contributed by atoms with Gasteiger partial charge in [0, 0.05) is 37.7 Å². The van der Waals surface area contributed by atoms with E-state index in [4.69, 9.17) is 34.8 Å². The highest BCUT2D eigenvalue weighted by Gasteiger charge is 2.15. The van der Waals surface area contributed by atoms with Gasteiger partial charge >= 0.3 is 0 Å². The number of benzene rings is 1. The van der Waals surface area contributed by atoms with Crippen molar-refractivity contribution in [3.05, 3.63) is 28.0 Å². The molecule has 7 heteroatoms. The fourth-order valence-corrected chi connectivity index (χ4v) is 4.09. The highest BCUT2D eigenvalue weighted by molar-refractivity contribution is 7.99. The minimum absolute atomic E-state index is 0.389. The van der Waals surface area contributed by atoms with E-state index < -0.39 is 0 Å². The number of fused-ring (bicyclic) bond motifs is 1. The van der Waals surface area contributed by atoms with Gasteiger partial charge in [0.15, 0.2) is 0 Å². The van der Waals surface area contributed by atoms with Gasteiger partial charge in [-0.15, -0.1) is 11.6 Å². The van der Waals surface area contributed by atoms with E-state index in [2.05, 4.69) is 14.5 Å². The second-order valence-electron chi connectivity index (χ2n) is 5.02. The van der Waals surface area contributed by atoms with Gasteiger partial charge in [0.2, 0.25) is 0 Å². The summed E-state index contributed by atoms with van der Waals surface area (Å²) in [5.41, 5.74) is 1.86. The Balaban J connectivity index is 1.86. The van der Waals surface area contributed by atoms with Gasteiger partial charge in [0.1, 0.15) is 5.82 Å². The van der Waals surface area contributed by atoms with Crippen LogP contribution < -0.4 is 0 Å². The van der Waals surface area contributed by atoms with Gasteiger partial charge in [-0.1, -0.05) is 23.2 Å². The summed E-state index contributed by atoms with van der Waals surface area (Å²) in [6, 6.07) is 3.69. The molecule has 0 amide bonds. The molecule has 0 bridgehead atoms. The first-order valence-electron chi connectivity index (χ1n) is 6.89. The predicted molar refractivity (Wildman–Crippen MR) is 93.1 cm³/mol. The van der Waals surface area contributed by atoms with Crippen molar-refractivity contribution in [1.29, 1.82) is 0 Å².